The van der Waals surface area contributed by atoms with Gasteiger partial charge >= 0.3 is 0 Å². The molecule has 1 heterocycles. The van der Waals surface area contributed by atoms with Crippen molar-refractivity contribution in [2.24, 2.45) is 0 Å². The fourth-order valence-corrected chi connectivity index (χ4v) is 1.53. The Morgan fingerprint density at radius 2 is 2.43 bits per heavy atom. The van der Waals surface area contributed by atoms with Crippen LogP contribution in [0.3, 0.4) is 0 Å². The van der Waals surface area contributed by atoms with Crippen LogP contribution in [0.15, 0.2) is 34.9 Å². The van der Waals surface area contributed by atoms with E-state index in [-0.39, 0.29) is 0 Å². The molecule has 1 aromatic heterocycles. The molecule has 0 atom stereocenters. The van der Waals surface area contributed by atoms with E-state index in [2.05, 4.69) is 20.9 Å². The second-order valence-electron chi connectivity index (χ2n) is 2.71. The van der Waals surface area contributed by atoms with Crippen molar-refractivity contribution in [1.29, 1.82) is 0 Å². The molecule has 0 fully saturated rings. The maximum atomic E-state index is 7.99. The first kappa shape index (κ1) is 4.19. The molecule has 2 aromatic rings. The summed E-state index contributed by atoms with van der Waals surface area (Å²) >= 11 is 3.26. The average molecular weight is 258 g/mol. The van der Waals surface area contributed by atoms with E-state index in [4.69, 9.17) is 9.60 Å². The Balaban J connectivity index is 2.78. The van der Waals surface area contributed by atoms with Crippen molar-refractivity contribution in [2.45, 2.75) is 13.7 Å². The van der Waals surface area contributed by atoms with Crippen LogP contribution in [0.2, 0.25) is 0 Å². The molecule has 2 nitrogen and oxygen atoms in total. The van der Waals surface area contributed by atoms with Crippen LogP contribution in [0, 0.1) is 13.7 Å². The number of hydrogen-bond acceptors (Lipinski definition) is 1. The Bertz CT molecular complexity index is 672. The molecule has 14 heavy (non-hydrogen) atoms. The molecular weight excluding hydrogens is 240 g/mol. The molecule has 0 saturated carbocycles. The van der Waals surface area contributed by atoms with Gasteiger partial charge in [0, 0.05) is 24.6 Å². The summed E-state index contributed by atoms with van der Waals surface area (Å²) in [5.74, 6) is -0.434. The zero-order valence-corrected chi connectivity index (χ0v) is 8.67. The fourth-order valence-electron chi connectivity index (χ4n) is 1.14. The van der Waals surface area contributed by atoms with Crippen LogP contribution in [0.5, 0.6) is 0 Å². The highest BCUT2D eigenvalue weighted by molar-refractivity contribution is 9.10. The van der Waals surface area contributed by atoms with E-state index in [0.29, 0.717) is 10.2 Å². The quantitative estimate of drug-likeness (QED) is 0.767. The van der Waals surface area contributed by atoms with Crippen LogP contribution in [0.4, 0.5) is 0 Å². The van der Waals surface area contributed by atoms with E-state index in [1.54, 1.807) is 24.3 Å². The number of aryl methyl sites for hydroxylation is 2. The number of nitrogens with zero attached hydrogens (tertiary/aromatic N) is 2. The smallest absolute Gasteiger partial charge is 0.110 e. The highest BCUT2D eigenvalue weighted by atomic mass is 79.9. The molecule has 72 valence electrons. The summed E-state index contributed by atoms with van der Waals surface area (Å²) in [5.41, 5.74) is -0.155. The van der Waals surface area contributed by atoms with Crippen molar-refractivity contribution in [3.8, 4) is 5.69 Å². The van der Waals surface area contributed by atoms with Crippen LogP contribution in [0.1, 0.15) is 21.1 Å². The summed E-state index contributed by atoms with van der Waals surface area (Å²) in [6.07, 6.45) is -0.445. The summed E-state index contributed by atoms with van der Waals surface area (Å²) in [7, 11) is 0. The Morgan fingerprint density at radius 3 is 3.14 bits per heavy atom. The van der Waals surface area contributed by atoms with E-state index in [0.717, 1.165) is 4.57 Å². The van der Waals surface area contributed by atoms with Crippen LogP contribution in [-0.4, -0.2) is 9.55 Å². The third-order valence-corrected chi connectivity index (χ3v) is 2.21. The lowest BCUT2D eigenvalue weighted by Gasteiger charge is -2.04. The van der Waals surface area contributed by atoms with Crippen molar-refractivity contribution in [2.75, 3.05) is 0 Å². The van der Waals surface area contributed by atoms with Gasteiger partial charge in [-0.3, -0.25) is 0 Å². The van der Waals surface area contributed by atoms with Crippen LogP contribution < -0.4 is 0 Å². The molecule has 0 amide bonds. The summed E-state index contributed by atoms with van der Waals surface area (Å²) in [4.78, 5) is 3.69. The monoisotopic (exact) mass is 257 g/mol. The maximum absolute atomic E-state index is 7.99. The van der Waals surface area contributed by atoms with Crippen molar-refractivity contribution >= 4 is 15.9 Å². The highest BCUT2D eigenvalue weighted by Gasteiger charge is 2.02. The molecule has 0 aliphatic carbocycles. The zero-order chi connectivity index (χ0) is 16.0. The topological polar surface area (TPSA) is 17.8 Å². The van der Waals surface area contributed by atoms with Gasteiger partial charge in [0.2, 0.25) is 0 Å². The van der Waals surface area contributed by atoms with Crippen molar-refractivity contribution < 1.29 is 9.60 Å². The van der Waals surface area contributed by atoms with Gasteiger partial charge in [-0.15, -0.1) is 0 Å². The molecule has 0 aliphatic rings. The molecule has 0 N–H and O–H groups in total. The summed E-state index contributed by atoms with van der Waals surface area (Å²) in [6, 6.07) is 6.59. The van der Waals surface area contributed by atoms with E-state index >= 15 is 0 Å². The molecule has 1 aromatic carbocycles. The number of imidazole rings is 1. The van der Waals surface area contributed by atoms with Gasteiger partial charge in [0.25, 0.3) is 0 Å². The third-order valence-electron chi connectivity index (χ3n) is 1.71. The molecule has 0 aliphatic heterocycles. The van der Waals surface area contributed by atoms with Gasteiger partial charge in [-0.25, -0.2) is 4.98 Å². The van der Waals surface area contributed by atoms with Gasteiger partial charge < -0.3 is 4.57 Å². The maximum Gasteiger partial charge on any atom is 0.110 e. The van der Waals surface area contributed by atoms with Gasteiger partial charge in [0.1, 0.15) is 5.82 Å². The van der Waals surface area contributed by atoms with E-state index < -0.39 is 31.4 Å². The number of hydrogen-bond donors (Lipinski definition) is 0. The molecule has 0 bridgehead atoms. The Morgan fingerprint density at radius 1 is 1.50 bits per heavy atom. The minimum absolute atomic E-state index is 0.364. The lowest BCUT2D eigenvalue weighted by Crippen LogP contribution is -1.94. The van der Waals surface area contributed by atoms with E-state index in [9.17, 15) is 0 Å². The Kier molecular flexibility index (Phi) is 1.07. The van der Waals surface area contributed by atoms with E-state index in [1.165, 1.54) is 0 Å². The molecule has 2 rings (SSSR count). The molecule has 0 unspecified atom stereocenters. The van der Waals surface area contributed by atoms with Gasteiger partial charge in [-0.05, 0) is 31.9 Å². The van der Waals surface area contributed by atoms with Crippen molar-refractivity contribution in [1.82, 2.24) is 9.55 Å². The first-order chi connectivity index (χ1) is 9.51. The normalized spacial score (nSPS) is 19.6. The highest BCUT2D eigenvalue weighted by Crippen LogP contribution is 2.17. The number of aromatic nitrogens is 2. The van der Waals surface area contributed by atoms with Crippen molar-refractivity contribution in [3.05, 3.63) is 46.4 Å². The standard InChI is InChI=1S/C11H11BrN2/c1-8-7-14(9(2)13-8)11-5-3-4-10(12)6-11/h3-7H,1-2H3/i1D3,2D3,7D. The number of benzene rings is 1. The molecule has 0 spiro atoms. The molecular formula is C11H11BrN2. The van der Waals surface area contributed by atoms with Crippen LogP contribution in [0.25, 0.3) is 5.69 Å². The van der Waals surface area contributed by atoms with Gasteiger partial charge in [-0.2, -0.15) is 0 Å². The first-order valence-electron chi connectivity index (χ1n) is 7.38. The number of rotatable bonds is 1. The molecule has 0 radical (unpaired) electrons. The van der Waals surface area contributed by atoms with Gasteiger partial charge in [0.15, 0.2) is 0 Å². The average Bonchev–Trinajstić information content (AvgIpc) is 2.66. The second-order valence-corrected chi connectivity index (χ2v) is 3.63. The number of halogens is 1. The van der Waals surface area contributed by atoms with Crippen LogP contribution >= 0.6 is 15.9 Å². The summed E-state index contributed by atoms with van der Waals surface area (Å²) in [5, 5.41) is 0. The second kappa shape index (κ2) is 3.58. The first-order valence-corrected chi connectivity index (χ1v) is 4.67. The molecule has 3 heteroatoms. The predicted octanol–water partition coefficient (Wildman–Crippen LogP) is 3.25. The van der Waals surface area contributed by atoms with Gasteiger partial charge in [-0.1, -0.05) is 22.0 Å². The lowest BCUT2D eigenvalue weighted by molar-refractivity contribution is 0.973. The zero-order valence-electron chi connectivity index (χ0n) is 14.1. The largest absolute Gasteiger partial charge is 0.304 e. The molecule has 0 saturated heterocycles. The summed E-state index contributed by atoms with van der Waals surface area (Å²) in [6.45, 7) is -5.27. The third kappa shape index (κ3) is 1.73. The lowest BCUT2D eigenvalue weighted by atomic mass is 10.3. The Labute approximate surface area is 102 Å². The van der Waals surface area contributed by atoms with Gasteiger partial charge in [0.05, 0.1) is 7.06 Å². The van der Waals surface area contributed by atoms with Crippen molar-refractivity contribution in [3.63, 3.8) is 0 Å². The fraction of sp³-hybridized carbons (Fsp3) is 0.182. The minimum atomic E-state index is -2.64. The minimum Gasteiger partial charge on any atom is -0.304 e. The summed E-state index contributed by atoms with van der Waals surface area (Å²) < 4.78 is 54.3. The van der Waals surface area contributed by atoms with Crippen LogP contribution in [-0.2, 0) is 0 Å². The predicted molar refractivity (Wildman–Crippen MR) is 60.7 cm³/mol. The SMILES string of the molecule is [2H]c1c(C([2H])([2H])[2H])nc(C([2H])([2H])[2H])n1-c1cccc(Br)c1. The van der Waals surface area contributed by atoms with E-state index in [1.807, 2.05) is 0 Å². The Hall–Kier alpha value is -1.09.